The Morgan fingerprint density at radius 1 is 1.28 bits per heavy atom. The molecule has 3 aromatic rings. The first-order valence-electron chi connectivity index (χ1n) is 7.27. The molecule has 0 bridgehead atoms. The van der Waals surface area contributed by atoms with E-state index in [0.717, 1.165) is 17.3 Å². The van der Waals surface area contributed by atoms with Gasteiger partial charge in [0.1, 0.15) is 0 Å². The Bertz CT molecular complexity index is 1110. The maximum absolute atomic E-state index is 12.5. The number of amides is 1. The number of aromatic nitrogens is 3. The SMILES string of the molecule is Cc1nn(C)c2ncc(NC(=O)c3cc(S(C)(=O)=O)ccc3Cl)cc12. The minimum Gasteiger partial charge on any atom is -0.321 e. The molecule has 1 aromatic carbocycles. The Balaban J connectivity index is 1.96. The first-order chi connectivity index (χ1) is 11.7. The third-order valence-corrected chi connectivity index (χ3v) is 5.17. The van der Waals surface area contributed by atoms with Gasteiger partial charge in [0.2, 0.25) is 0 Å². The summed E-state index contributed by atoms with van der Waals surface area (Å²) in [6, 6.07) is 5.77. The van der Waals surface area contributed by atoms with E-state index in [9.17, 15) is 13.2 Å². The summed E-state index contributed by atoms with van der Waals surface area (Å²) < 4.78 is 25.0. The molecule has 0 unspecified atom stereocenters. The maximum atomic E-state index is 12.5. The molecule has 0 spiro atoms. The van der Waals surface area contributed by atoms with Crippen LogP contribution in [0.3, 0.4) is 0 Å². The van der Waals surface area contributed by atoms with Crippen molar-refractivity contribution in [3.8, 4) is 0 Å². The lowest BCUT2D eigenvalue weighted by atomic mass is 10.2. The van der Waals surface area contributed by atoms with Crippen LogP contribution in [0.1, 0.15) is 16.1 Å². The summed E-state index contributed by atoms with van der Waals surface area (Å²) in [6.07, 6.45) is 2.58. The van der Waals surface area contributed by atoms with Crippen LogP contribution < -0.4 is 5.32 Å². The molecule has 2 aromatic heterocycles. The molecule has 25 heavy (non-hydrogen) atoms. The zero-order chi connectivity index (χ0) is 18.4. The Morgan fingerprint density at radius 2 is 2.00 bits per heavy atom. The fraction of sp³-hybridized carbons (Fsp3) is 0.188. The van der Waals surface area contributed by atoms with Gasteiger partial charge in [-0.25, -0.2) is 13.4 Å². The minimum atomic E-state index is -3.44. The standard InChI is InChI=1S/C16H15ClN4O3S/c1-9-12-6-10(8-18-15(12)21(2)20-9)19-16(22)13-7-11(25(3,23)24)4-5-14(13)17/h4-8H,1-3H3,(H,19,22). The molecule has 0 atom stereocenters. The van der Waals surface area contributed by atoms with Crippen molar-refractivity contribution in [2.75, 3.05) is 11.6 Å². The molecular formula is C16H15ClN4O3S. The molecule has 0 fully saturated rings. The lowest BCUT2D eigenvalue weighted by molar-refractivity contribution is 0.102. The largest absolute Gasteiger partial charge is 0.321 e. The molecule has 2 heterocycles. The van der Waals surface area contributed by atoms with E-state index in [1.54, 1.807) is 17.8 Å². The van der Waals surface area contributed by atoms with Gasteiger partial charge in [-0.2, -0.15) is 5.10 Å². The predicted molar refractivity (Wildman–Crippen MR) is 95.8 cm³/mol. The van der Waals surface area contributed by atoms with Crippen LogP contribution in [-0.2, 0) is 16.9 Å². The molecule has 1 N–H and O–H groups in total. The Morgan fingerprint density at radius 3 is 2.68 bits per heavy atom. The number of nitrogens with one attached hydrogen (secondary N) is 1. The minimum absolute atomic E-state index is 0.0266. The summed E-state index contributed by atoms with van der Waals surface area (Å²) in [6.45, 7) is 1.85. The van der Waals surface area contributed by atoms with Crippen molar-refractivity contribution >= 4 is 44.1 Å². The number of aryl methyl sites for hydroxylation is 2. The topological polar surface area (TPSA) is 93.9 Å². The summed E-state index contributed by atoms with van der Waals surface area (Å²) in [7, 11) is -1.65. The maximum Gasteiger partial charge on any atom is 0.257 e. The molecular weight excluding hydrogens is 364 g/mol. The number of nitrogens with zero attached hydrogens (tertiary/aromatic N) is 3. The fourth-order valence-corrected chi connectivity index (χ4v) is 3.33. The van der Waals surface area contributed by atoms with Gasteiger partial charge in [-0.3, -0.25) is 9.48 Å². The number of hydrogen-bond donors (Lipinski definition) is 1. The number of anilines is 1. The van der Waals surface area contributed by atoms with Gasteiger partial charge in [0.25, 0.3) is 5.91 Å². The average molecular weight is 379 g/mol. The zero-order valence-corrected chi connectivity index (χ0v) is 15.3. The summed E-state index contributed by atoms with van der Waals surface area (Å²) in [5.74, 6) is -0.516. The lowest BCUT2D eigenvalue weighted by Crippen LogP contribution is -2.13. The van der Waals surface area contributed by atoms with E-state index in [-0.39, 0.29) is 15.5 Å². The molecule has 9 heteroatoms. The Labute approximate surface area is 149 Å². The number of fused-ring (bicyclic) bond motifs is 1. The summed E-state index contributed by atoms with van der Waals surface area (Å²) in [5.41, 5.74) is 2.04. The van der Waals surface area contributed by atoms with Crippen LogP contribution in [0.5, 0.6) is 0 Å². The molecule has 0 aliphatic carbocycles. The first kappa shape index (κ1) is 17.4. The number of pyridine rings is 1. The monoisotopic (exact) mass is 378 g/mol. The van der Waals surface area contributed by atoms with Crippen LogP contribution in [0.2, 0.25) is 5.02 Å². The van der Waals surface area contributed by atoms with Crippen molar-refractivity contribution in [1.29, 1.82) is 0 Å². The van der Waals surface area contributed by atoms with E-state index in [1.807, 2.05) is 6.92 Å². The van der Waals surface area contributed by atoms with Crippen molar-refractivity contribution in [2.24, 2.45) is 7.05 Å². The predicted octanol–water partition coefficient (Wildman–Crippen LogP) is 2.59. The second-order valence-electron chi connectivity index (χ2n) is 5.67. The van der Waals surface area contributed by atoms with Crippen LogP contribution in [0.25, 0.3) is 11.0 Å². The van der Waals surface area contributed by atoms with Crippen molar-refractivity contribution in [3.63, 3.8) is 0 Å². The third-order valence-electron chi connectivity index (χ3n) is 3.73. The van der Waals surface area contributed by atoms with Gasteiger partial charge in [0.05, 0.1) is 33.1 Å². The highest BCUT2D eigenvalue weighted by molar-refractivity contribution is 7.90. The van der Waals surface area contributed by atoms with E-state index in [0.29, 0.717) is 11.3 Å². The summed E-state index contributed by atoms with van der Waals surface area (Å²) in [5, 5.41) is 7.94. The number of rotatable bonds is 3. The van der Waals surface area contributed by atoms with Crippen molar-refractivity contribution in [2.45, 2.75) is 11.8 Å². The molecule has 7 nitrogen and oxygen atoms in total. The molecule has 0 aliphatic rings. The van der Waals surface area contributed by atoms with Gasteiger partial charge < -0.3 is 5.32 Å². The molecule has 0 saturated heterocycles. The molecule has 0 radical (unpaired) electrons. The number of carbonyl (C=O) groups is 1. The van der Waals surface area contributed by atoms with E-state index in [2.05, 4.69) is 15.4 Å². The van der Waals surface area contributed by atoms with Gasteiger partial charge in [0.15, 0.2) is 15.5 Å². The van der Waals surface area contributed by atoms with Gasteiger partial charge >= 0.3 is 0 Å². The van der Waals surface area contributed by atoms with E-state index in [1.165, 1.54) is 24.4 Å². The van der Waals surface area contributed by atoms with Crippen molar-refractivity contribution < 1.29 is 13.2 Å². The average Bonchev–Trinajstić information content (AvgIpc) is 2.81. The second kappa shape index (κ2) is 6.12. The van der Waals surface area contributed by atoms with Crippen LogP contribution in [-0.4, -0.2) is 35.3 Å². The van der Waals surface area contributed by atoms with Gasteiger partial charge in [-0.1, -0.05) is 11.6 Å². The quantitative estimate of drug-likeness (QED) is 0.755. The van der Waals surface area contributed by atoms with E-state index >= 15 is 0 Å². The van der Waals surface area contributed by atoms with E-state index < -0.39 is 15.7 Å². The Kier molecular flexibility index (Phi) is 4.26. The number of sulfone groups is 1. The molecule has 0 aliphatic heterocycles. The highest BCUT2D eigenvalue weighted by atomic mass is 35.5. The second-order valence-corrected chi connectivity index (χ2v) is 8.10. The van der Waals surface area contributed by atoms with Crippen molar-refractivity contribution in [3.05, 3.63) is 46.7 Å². The van der Waals surface area contributed by atoms with Gasteiger partial charge in [0, 0.05) is 18.7 Å². The molecule has 130 valence electrons. The normalized spacial score (nSPS) is 11.7. The lowest BCUT2D eigenvalue weighted by Gasteiger charge is -2.08. The van der Waals surface area contributed by atoms with Gasteiger partial charge in [-0.05, 0) is 31.2 Å². The number of hydrogen-bond acceptors (Lipinski definition) is 5. The number of carbonyl (C=O) groups excluding carboxylic acids is 1. The summed E-state index contributed by atoms with van der Waals surface area (Å²) in [4.78, 5) is 16.8. The highest BCUT2D eigenvalue weighted by Gasteiger charge is 2.16. The molecule has 1 amide bonds. The molecule has 3 rings (SSSR count). The van der Waals surface area contributed by atoms with Crippen LogP contribution in [0.4, 0.5) is 5.69 Å². The van der Waals surface area contributed by atoms with Crippen LogP contribution in [0.15, 0.2) is 35.4 Å². The first-order valence-corrected chi connectivity index (χ1v) is 9.54. The Hall–Kier alpha value is -2.45. The third kappa shape index (κ3) is 3.35. The number of halogens is 1. The highest BCUT2D eigenvalue weighted by Crippen LogP contribution is 2.23. The van der Waals surface area contributed by atoms with Crippen molar-refractivity contribution in [1.82, 2.24) is 14.8 Å². The smallest absolute Gasteiger partial charge is 0.257 e. The number of benzene rings is 1. The molecule has 0 saturated carbocycles. The summed E-state index contributed by atoms with van der Waals surface area (Å²) >= 11 is 6.05. The van der Waals surface area contributed by atoms with Crippen LogP contribution in [0, 0.1) is 6.92 Å². The van der Waals surface area contributed by atoms with Gasteiger partial charge in [-0.15, -0.1) is 0 Å². The van der Waals surface area contributed by atoms with E-state index in [4.69, 9.17) is 11.6 Å². The zero-order valence-electron chi connectivity index (χ0n) is 13.7. The van der Waals surface area contributed by atoms with Crippen LogP contribution >= 0.6 is 11.6 Å². The fourth-order valence-electron chi connectivity index (χ4n) is 2.48.